The van der Waals surface area contributed by atoms with Crippen LogP contribution in [0, 0.1) is 11.3 Å². The maximum Gasteiger partial charge on any atom is 0.416 e. The van der Waals surface area contributed by atoms with Gasteiger partial charge in [-0.15, -0.1) is 0 Å². The van der Waals surface area contributed by atoms with Crippen molar-refractivity contribution < 1.29 is 32.2 Å². The van der Waals surface area contributed by atoms with E-state index in [9.17, 15) is 28.0 Å². The number of carbonyl (C=O) groups is 2. The average molecular weight is 483 g/mol. The third-order valence-corrected chi connectivity index (χ3v) is 4.27. The highest BCUT2D eigenvalue weighted by molar-refractivity contribution is 9.10. The Labute approximate surface area is 178 Å². The summed E-state index contributed by atoms with van der Waals surface area (Å²) in [5.74, 6) is -1.09. The number of anilines is 1. The number of methoxy groups -OCH3 is 1. The molecule has 0 atom stereocenters. The third-order valence-electron chi connectivity index (χ3n) is 3.65. The zero-order valence-corrected chi connectivity index (χ0v) is 17.0. The molecule has 1 N–H and O–H groups in total. The molecule has 30 heavy (non-hydrogen) atoms. The van der Waals surface area contributed by atoms with E-state index in [1.807, 2.05) is 0 Å². The van der Waals surface area contributed by atoms with Crippen LogP contribution < -0.4 is 10.1 Å². The van der Waals surface area contributed by atoms with Crippen LogP contribution in [0.3, 0.4) is 0 Å². The van der Waals surface area contributed by atoms with E-state index in [-0.39, 0.29) is 17.9 Å². The van der Waals surface area contributed by atoms with Gasteiger partial charge in [0.15, 0.2) is 6.61 Å². The molecule has 1 amide bonds. The molecular formula is C20H14BrF3N2O4. The quantitative estimate of drug-likeness (QED) is 0.370. The van der Waals surface area contributed by atoms with Gasteiger partial charge in [0.25, 0.3) is 5.91 Å². The number of ether oxygens (including phenoxy) is 2. The fraction of sp³-hybridized carbons (Fsp3) is 0.150. The van der Waals surface area contributed by atoms with Crippen LogP contribution in [0.2, 0.25) is 0 Å². The molecular weight excluding hydrogens is 469 g/mol. The first-order chi connectivity index (χ1) is 14.1. The zero-order valence-electron chi connectivity index (χ0n) is 15.4. The van der Waals surface area contributed by atoms with Gasteiger partial charge in [-0.1, -0.05) is 12.1 Å². The highest BCUT2D eigenvalue weighted by atomic mass is 79.9. The molecule has 6 nitrogen and oxygen atoms in total. The van der Waals surface area contributed by atoms with Crippen molar-refractivity contribution in [2.24, 2.45) is 0 Å². The SMILES string of the molecule is COC(=O)COc1ccc(/C=C(/C#N)C(=O)Nc2cccc(C(F)(F)F)c2)cc1Br. The molecule has 0 radical (unpaired) electrons. The minimum atomic E-state index is -4.56. The summed E-state index contributed by atoms with van der Waals surface area (Å²) in [7, 11) is 1.22. The minimum absolute atomic E-state index is 0.0938. The van der Waals surface area contributed by atoms with Crippen molar-refractivity contribution in [3.05, 3.63) is 63.6 Å². The first kappa shape index (κ1) is 23.0. The Morgan fingerprint density at radius 2 is 1.97 bits per heavy atom. The van der Waals surface area contributed by atoms with Crippen LogP contribution in [0.15, 0.2) is 52.5 Å². The second-order valence-electron chi connectivity index (χ2n) is 5.76. The van der Waals surface area contributed by atoms with Crippen molar-refractivity contribution in [2.75, 3.05) is 19.0 Å². The van der Waals surface area contributed by atoms with E-state index in [2.05, 4.69) is 26.0 Å². The third kappa shape index (κ3) is 6.35. The number of alkyl halides is 3. The predicted octanol–water partition coefficient (Wildman–Crippen LogP) is 4.57. The minimum Gasteiger partial charge on any atom is -0.481 e. The second kappa shape index (κ2) is 9.93. The number of rotatable bonds is 6. The van der Waals surface area contributed by atoms with Crippen LogP contribution in [0.1, 0.15) is 11.1 Å². The van der Waals surface area contributed by atoms with Gasteiger partial charge in [0.2, 0.25) is 0 Å². The lowest BCUT2D eigenvalue weighted by Gasteiger charge is -2.10. The van der Waals surface area contributed by atoms with Crippen molar-refractivity contribution in [1.29, 1.82) is 5.26 Å². The summed E-state index contributed by atoms with van der Waals surface area (Å²) >= 11 is 3.25. The summed E-state index contributed by atoms with van der Waals surface area (Å²) in [6, 6.07) is 10.4. The van der Waals surface area contributed by atoms with Crippen LogP contribution >= 0.6 is 15.9 Å². The van der Waals surface area contributed by atoms with Crippen LogP contribution in [0.25, 0.3) is 6.08 Å². The summed E-state index contributed by atoms with van der Waals surface area (Å²) in [6.45, 7) is -0.298. The molecule has 0 heterocycles. The Balaban J connectivity index is 2.17. The molecule has 0 aliphatic carbocycles. The van der Waals surface area contributed by atoms with Gasteiger partial charge >= 0.3 is 12.1 Å². The number of amides is 1. The first-order valence-electron chi connectivity index (χ1n) is 8.23. The molecule has 0 unspecified atom stereocenters. The molecule has 0 spiro atoms. The standard InChI is InChI=1S/C20H14BrF3N2O4/c1-29-18(27)11-30-17-6-5-12(8-16(17)21)7-13(10-25)19(28)26-15-4-2-3-14(9-15)20(22,23)24/h2-9H,11H2,1H3,(H,26,28)/b13-7-. The first-order valence-corrected chi connectivity index (χ1v) is 9.03. The van der Waals surface area contributed by atoms with Crippen molar-refractivity contribution in [2.45, 2.75) is 6.18 Å². The van der Waals surface area contributed by atoms with Gasteiger partial charge in [0.1, 0.15) is 17.4 Å². The topological polar surface area (TPSA) is 88.4 Å². The lowest BCUT2D eigenvalue weighted by atomic mass is 10.1. The number of nitrogens with one attached hydrogen (secondary N) is 1. The number of nitrogens with zero attached hydrogens (tertiary/aromatic N) is 1. The summed E-state index contributed by atoms with van der Waals surface area (Å²) in [4.78, 5) is 23.4. The highest BCUT2D eigenvalue weighted by Crippen LogP contribution is 2.31. The Morgan fingerprint density at radius 3 is 2.57 bits per heavy atom. The van der Waals surface area contributed by atoms with Gasteiger partial charge in [-0.05, 0) is 57.9 Å². The molecule has 2 aromatic carbocycles. The van der Waals surface area contributed by atoms with Crippen LogP contribution in [0.5, 0.6) is 5.75 Å². The molecule has 0 saturated heterocycles. The lowest BCUT2D eigenvalue weighted by Crippen LogP contribution is -2.14. The molecule has 0 aliphatic rings. The normalized spacial score (nSPS) is 11.4. The van der Waals surface area contributed by atoms with Gasteiger partial charge in [-0.2, -0.15) is 18.4 Å². The summed E-state index contributed by atoms with van der Waals surface area (Å²) < 4.78 is 48.6. The van der Waals surface area contributed by atoms with Gasteiger partial charge in [0, 0.05) is 5.69 Å². The fourth-order valence-electron chi connectivity index (χ4n) is 2.21. The fourth-order valence-corrected chi connectivity index (χ4v) is 2.72. The Kier molecular flexibility index (Phi) is 7.60. The van der Waals surface area contributed by atoms with Crippen molar-refractivity contribution >= 4 is 39.6 Å². The largest absolute Gasteiger partial charge is 0.481 e. The van der Waals surface area contributed by atoms with Gasteiger partial charge < -0.3 is 14.8 Å². The summed E-state index contributed by atoms with van der Waals surface area (Å²) in [5, 5.41) is 11.5. The number of hydrogen-bond acceptors (Lipinski definition) is 5. The Morgan fingerprint density at radius 1 is 1.23 bits per heavy atom. The number of benzene rings is 2. The molecule has 0 bridgehead atoms. The van der Waals surface area contributed by atoms with E-state index in [0.717, 1.165) is 18.2 Å². The number of carbonyl (C=O) groups excluding carboxylic acids is 2. The highest BCUT2D eigenvalue weighted by Gasteiger charge is 2.30. The van der Waals surface area contributed by atoms with E-state index in [4.69, 9.17) is 4.74 Å². The molecule has 2 aromatic rings. The molecule has 0 aliphatic heterocycles. The zero-order chi connectivity index (χ0) is 22.3. The summed E-state index contributed by atoms with van der Waals surface area (Å²) in [5.41, 5.74) is -0.886. The Hall–Kier alpha value is -3.32. The number of halogens is 4. The van der Waals surface area contributed by atoms with E-state index >= 15 is 0 Å². The molecule has 156 valence electrons. The van der Waals surface area contributed by atoms with Crippen molar-refractivity contribution in [3.8, 4) is 11.8 Å². The monoisotopic (exact) mass is 482 g/mol. The van der Waals surface area contributed by atoms with Gasteiger partial charge in [0.05, 0.1) is 17.1 Å². The Bertz CT molecular complexity index is 1030. The number of nitriles is 1. The van der Waals surface area contributed by atoms with Crippen LogP contribution in [0.4, 0.5) is 18.9 Å². The van der Waals surface area contributed by atoms with E-state index in [1.165, 1.54) is 31.4 Å². The van der Waals surface area contributed by atoms with E-state index < -0.39 is 23.6 Å². The van der Waals surface area contributed by atoms with Crippen LogP contribution in [-0.2, 0) is 20.5 Å². The molecule has 2 rings (SSSR count). The predicted molar refractivity (Wildman–Crippen MR) is 105 cm³/mol. The maximum absolute atomic E-state index is 12.8. The van der Waals surface area contributed by atoms with Gasteiger partial charge in [-0.25, -0.2) is 4.79 Å². The molecule has 0 fully saturated rings. The lowest BCUT2D eigenvalue weighted by molar-refractivity contribution is -0.143. The van der Waals surface area contributed by atoms with Crippen molar-refractivity contribution in [3.63, 3.8) is 0 Å². The second-order valence-corrected chi connectivity index (χ2v) is 6.61. The smallest absolute Gasteiger partial charge is 0.416 e. The summed E-state index contributed by atoms with van der Waals surface area (Å²) in [6.07, 6.45) is -3.30. The molecule has 0 saturated carbocycles. The van der Waals surface area contributed by atoms with Crippen LogP contribution in [-0.4, -0.2) is 25.6 Å². The number of esters is 1. The molecule has 0 aromatic heterocycles. The number of hydrogen-bond donors (Lipinski definition) is 1. The molecule has 10 heteroatoms. The van der Waals surface area contributed by atoms with Crippen molar-refractivity contribution in [1.82, 2.24) is 0 Å². The van der Waals surface area contributed by atoms with E-state index in [1.54, 1.807) is 12.1 Å². The average Bonchev–Trinajstić information content (AvgIpc) is 2.70. The van der Waals surface area contributed by atoms with E-state index in [0.29, 0.717) is 15.8 Å². The van der Waals surface area contributed by atoms with Gasteiger partial charge in [-0.3, -0.25) is 4.79 Å². The maximum atomic E-state index is 12.8.